The lowest BCUT2D eigenvalue weighted by atomic mass is 10.1. The molecule has 0 aliphatic heterocycles. The van der Waals surface area contributed by atoms with Gasteiger partial charge in [-0.05, 0) is 31.4 Å². The molecule has 3 nitrogen and oxygen atoms in total. The molecule has 1 atom stereocenters. The highest BCUT2D eigenvalue weighted by molar-refractivity contribution is 5.91. The minimum Gasteiger partial charge on any atom is -0.443 e. The van der Waals surface area contributed by atoms with E-state index in [1.54, 1.807) is 6.07 Å². The fourth-order valence-electron chi connectivity index (χ4n) is 1.66. The van der Waals surface area contributed by atoms with Crippen LogP contribution in [-0.4, -0.2) is 12.2 Å². The van der Waals surface area contributed by atoms with E-state index in [4.69, 9.17) is 10.5 Å². The monoisotopic (exact) mass is 235 g/mol. The first-order valence-corrected chi connectivity index (χ1v) is 6.17. The molecule has 3 heteroatoms. The standard InChI is InChI=1S/C14H21NO2/c1-3-4-5-10-13(15)17-14(16)12-9-7-6-8-11(12)2/h6-9,13H,3-5,10,15H2,1-2H3. The molecule has 1 aromatic carbocycles. The van der Waals surface area contributed by atoms with E-state index in [0.29, 0.717) is 5.56 Å². The van der Waals surface area contributed by atoms with E-state index in [0.717, 1.165) is 31.2 Å². The van der Waals surface area contributed by atoms with Gasteiger partial charge in [-0.1, -0.05) is 38.0 Å². The van der Waals surface area contributed by atoms with Crippen LogP contribution in [0.1, 0.15) is 48.5 Å². The van der Waals surface area contributed by atoms with Crippen LogP contribution in [0.2, 0.25) is 0 Å². The van der Waals surface area contributed by atoms with Crippen molar-refractivity contribution in [2.24, 2.45) is 5.73 Å². The zero-order valence-corrected chi connectivity index (χ0v) is 10.6. The lowest BCUT2D eigenvalue weighted by Crippen LogP contribution is -2.27. The number of ether oxygens (including phenoxy) is 1. The molecular weight excluding hydrogens is 214 g/mol. The summed E-state index contributed by atoms with van der Waals surface area (Å²) in [6.07, 6.45) is 3.49. The van der Waals surface area contributed by atoms with Gasteiger partial charge in [-0.15, -0.1) is 0 Å². The van der Waals surface area contributed by atoms with Crippen LogP contribution in [0, 0.1) is 6.92 Å². The molecule has 0 saturated carbocycles. The number of hydrogen-bond acceptors (Lipinski definition) is 3. The summed E-state index contributed by atoms with van der Waals surface area (Å²) in [6.45, 7) is 4.02. The normalized spacial score (nSPS) is 12.2. The minimum atomic E-state index is -0.492. The lowest BCUT2D eigenvalue weighted by Gasteiger charge is -2.13. The summed E-state index contributed by atoms with van der Waals surface area (Å²) >= 11 is 0. The van der Waals surface area contributed by atoms with E-state index >= 15 is 0 Å². The molecule has 1 aromatic rings. The Kier molecular flexibility index (Phi) is 5.70. The molecule has 17 heavy (non-hydrogen) atoms. The predicted molar refractivity (Wildman–Crippen MR) is 68.7 cm³/mol. The summed E-state index contributed by atoms with van der Waals surface area (Å²) in [6, 6.07) is 7.37. The lowest BCUT2D eigenvalue weighted by molar-refractivity contribution is 0.0291. The van der Waals surface area contributed by atoms with Gasteiger partial charge >= 0.3 is 5.97 Å². The first-order chi connectivity index (χ1) is 8.15. The molecule has 1 unspecified atom stereocenters. The van der Waals surface area contributed by atoms with Crippen molar-refractivity contribution in [3.05, 3.63) is 35.4 Å². The second-order valence-electron chi connectivity index (χ2n) is 4.25. The molecule has 0 aliphatic carbocycles. The number of carbonyl (C=O) groups excluding carboxylic acids is 1. The number of unbranched alkanes of at least 4 members (excludes halogenated alkanes) is 2. The molecule has 94 valence electrons. The van der Waals surface area contributed by atoms with Crippen molar-refractivity contribution in [1.82, 2.24) is 0 Å². The summed E-state index contributed by atoms with van der Waals surface area (Å²) in [5.74, 6) is -0.327. The van der Waals surface area contributed by atoms with Gasteiger partial charge in [0.2, 0.25) is 0 Å². The molecule has 0 fully saturated rings. The number of benzene rings is 1. The summed E-state index contributed by atoms with van der Waals surface area (Å²) in [5.41, 5.74) is 7.27. The average molecular weight is 235 g/mol. The highest BCUT2D eigenvalue weighted by atomic mass is 16.6. The molecule has 0 saturated heterocycles. The van der Waals surface area contributed by atoms with Crippen LogP contribution < -0.4 is 5.73 Å². The van der Waals surface area contributed by atoms with Gasteiger partial charge in [-0.25, -0.2) is 4.79 Å². The first kappa shape index (κ1) is 13.7. The fourth-order valence-corrected chi connectivity index (χ4v) is 1.66. The van der Waals surface area contributed by atoms with Crippen molar-refractivity contribution >= 4 is 5.97 Å². The number of rotatable bonds is 6. The number of aryl methyl sites for hydroxylation is 1. The van der Waals surface area contributed by atoms with Gasteiger partial charge in [0.15, 0.2) is 6.23 Å². The highest BCUT2D eigenvalue weighted by Gasteiger charge is 2.13. The van der Waals surface area contributed by atoms with Crippen molar-refractivity contribution in [3.8, 4) is 0 Å². The van der Waals surface area contributed by atoms with E-state index in [9.17, 15) is 4.79 Å². The van der Waals surface area contributed by atoms with Crippen molar-refractivity contribution < 1.29 is 9.53 Å². The van der Waals surface area contributed by atoms with Crippen LogP contribution in [0.4, 0.5) is 0 Å². The third-order valence-electron chi connectivity index (χ3n) is 2.72. The van der Waals surface area contributed by atoms with Crippen molar-refractivity contribution in [3.63, 3.8) is 0 Å². The van der Waals surface area contributed by atoms with Gasteiger partial charge in [0.05, 0.1) is 5.56 Å². The molecule has 0 amide bonds. The minimum absolute atomic E-state index is 0.327. The number of nitrogens with two attached hydrogens (primary N) is 1. The van der Waals surface area contributed by atoms with E-state index < -0.39 is 6.23 Å². The molecule has 0 heterocycles. The van der Waals surface area contributed by atoms with Gasteiger partial charge in [0, 0.05) is 0 Å². The second-order valence-corrected chi connectivity index (χ2v) is 4.25. The zero-order valence-electron chi connectivity index (χ0n) is 10.6. The van der Waals surface area contributed by atoms with Crippen LogP contribution in [0.15, 0.2) is 24.3 Å². The third-order valence-corrected chi connectivity index (χ3v) is 2.72. The quantitative estimate of drug-likeness (QED) is 0.468. The Labute approximate surface area is 103 Å². The summed E-state index contributed by atoms with van der Waals surface area (Å²) in [7, 11) is 0. The second kappa shape index (κ2) is 7.07. The van der Waals surface area contributed by atoms with Crippen LogP contribution in [0.3, 0.4) is 0 Å². The Morgan fingerprint density at radius 1 is 1.35 bits per heavy atom. The topological polar surface area (TPSA) is 52.3 Å². The largest absolute Gasteiger partial charge is 0.443 e. The van der Waals surface area contributed by atoms with Gasteiger partial charge in [0.25, 0.3) is 0 Å². The van der Waals surface area contributed by atoms with Crippen LogP contribution in [-0.2, 0) is 4.74 Å². The van der Waals surface area contributed by atoms with Gasteiger partial charge in [-0.3, -0.25) is 5.73 Å². The Morgan fingerprint density at radius 2 is 2.06 bits per heavy atom. The fraction of sp³-hybridized carbons (Fsp3) is 0.500. The maximum absolute atomic E-state index is 11.8. The summed E-state index contributed by atoms with van der Waals surface area (Å²) in [4.78, 5) is 11.8. The van der Waals surface area contributed by atoms with Crippen LogP contribution in [0.25, 0.3) is 0 Å². The van der Waals surface area contributed by atoms with Crippen molar-refractivity contribution in [1.29, 1.82) is 0 Å². The van der Waals surface area contributed by atoms with Crippen molar-refractivity contribution in [2.45, 2.75) is 45.8 Å². The van der Waals surface area contributed by atoms with Crippen LogP contribution >= 0.6 is 0 Å². The Bertz CT molecular complexity index is 363. The van der Waals surface area contributed by atoms with E-state index in [2.05, 4.69) is 6.92 Å². The maximum Gasteiger partial charge on any atom is 0.339 e. The Balaban J connectivity index is 2.46. The maximum atomic E-state index is 11.8. The summed E-state index contributed by atoms with van der Waals surface area (Å²) in [5, 5.41) is 0. The average Bonchev–Trinajstić information content (AvgIpc) is 2.29. The number of hydrogen-bond donors (Lipinski definition) is 1. The first-order valence-electron chi connectivity index (χ1n) is 6.17. The molecule has 2 N–H and O–H groups in total. The van der Waals surface area contributed by atoms with Crippen LogP contribution in [0.5, 0.6) is 0 Å². The van der Waals surface area contributed by atoms with Gasteiger partial charge in [-0.2, -0.15) is 0 Å². The highest BCUT2D eigenvalue weighted by Crippen LogP contribution is 2.11. The smallest absolute Gasteiger partial charge is 0.339 e. The zero-order chi connectivity index (χ0) is 12.7. The predicted octanol–water partition coefficient (Wildman–Crippen LogP) is 3.02. The molecule has 0 spiro atoms. The molecule has 0 aliphatic rings. The van der Waals surface area contributed by atoms with E-state index in [-0.39, 0.29) is 5.97 Å². The Morgan fingerprint density at radius 3 is 2.71 bits per heavy atom. The molecule has 1 rings (SSSR count). The van der Waals surface area contributed by atoms with Gasteiger partial charge in [0.1, 0.15) is 0 Å². The summed E-state index contributed by atoms with van der Waals surface area (Å²) < 4.78 is 5.20. The molecule has 0 aromatic heterocycles. The molecule has 0 radical (unpaired) electrons. The number of carbonyl (C=O) groups is 1. The Hall–Kier alpha value is -1.35. The van der Waals surface area contributed by atoms with Gasteiger partial charge < -0.3 is 4.74 Å². The third kappa shape index (κ3) is 4.57. The van der Waals surface area contributed by atoms with E-state index in [1.165, 1.54) is 0 Å². The molecular formula is C14H21NO2. The van der Waals surface area contributed by atoms with E-state index in [1.807, 2.05) is 25.1 Å². The molecule has 0 bridgehead atoms. The SMILES string of the molecule is CCCCCC(N)OC(=O)c1ccccc1C. The van der Waals surface area contributed by atoms with Crippen molar-refractivity contribution in [2.75, 3.05) is 0 Å². The number of esters is 1.